The van der Waals surface area contributed by atoms with Crippen molar-refractivity contribution < 1.29 is 4.79 Å². The minimum absolute atomic E-state index is 0.126. The lowest BCUT2D eigenvalue weighted by Crippen LogP contribution is -2.30. The normalized spacial score (nSPS) is 18.8. The van der Waals surface area contributed by atoms with Crippen molar-refractivity contribution in [2.75, 3.05) is 6.54 Å². The molecule has 2 aromatic rings. The van der Waals surface area contributed by atoms with Crippen molar-refractivity contribution in [1.82, 2.24) is 9.88 Å². The van der Waals surface area contributed by atoms with E-state index >= 15 is 0 Å². The molecule has 1 aromatic carbocycles. The van der Waals surface area contributed by atoms with E-state index in [0.717, 1.165) is 35.5 Å². The van der Waals surface area contributed by atoms with Crippen molar-refractivity contribution in [3.05, 3.63) is 52.0 Å². The third-order valence-electron chi connectivity index (χ3n) is 3.52. The SMILES string of the molecule is Cc1cccc(C(=O)N2CCCC2c2nccs2)c1. The van der Waals surface area contributed by atoms with Crippen LogP contribution in [0.4, 0.5) is 0 Å². The van der Waals surface area contributed by atoms with E-state index in [-0.39, 0.29) is 11.9 Å². The second-order valence-corrected chi connectivity index (χ2v) is 5.82. The summed E-state index contributed by atoms with van der Waals surface area (Å²) >= 11 is 1.63. The van der Waals surface area contributed by atoms with Crippen LogP contribution in [0.1, 0.15) is 39.8 Å². The predicted molar refractivity (Wildman–Crippen MR) is 76.3 cm³/mol. The number of carbonyl (C=O) groups excluding carboxylic acids is 1. The van der Waals surface area contributed by atoms with E-state index in [1.54, 1.807) is 11.3 Å². The van der Waals surface area contributed by atoms with E-state index in [0.29, 0.717) is 0 Å². The average molecular weight is 272 g/mol. The Morgan fingerprint density at radius 2 is 2.37 bits per heavy atom. The molecular formula is C15H16N2OS. The summed E-state index contributed by atoms with van der Waals surface area (Å²) in [5, 5.41) is 3.03. The molecule has 0 bridgehead atoms. The van der Waals surface area contributed by atoms with Crippen LogP contribution >= 0.6 is 11.3 Å². The van der Waals surface area contributed by atoms with Crippen molar-refractivity contribution in [3.8, 4) is 0 Å². The summed E-state index contributed by atoms with van der Waals surface area (Å²) in [5.41, 5.74) is 1.90. The van der Waals surface area contributed by atoms with Gasteiger partial charge in [-0.15, -0.1) is 11.3 Å². The molecule has 1 saturated heterocycles. The molecule has 0 saturated carbocycles. The molecule has 2 heterocycles. The van der Waals surface area contributed by atoms with Gasteiger partial charge in [0.05, 0.1) is 6.04 Å². The molecule has 3 nitrogen and oxygen atoms in total. The molecule has 4 heteroatoms. The van der Waals surface area contributed by atoms with Gasteiger partial charge in [-0.05, 0) is 31.9 Å². The Morgan fingerprint density at radius 1 is 1.47 bits per heavy atom. The van der Waals surface area contributed by atoms with Crippen molar-refractivity contribution in [2.45, 2.75) is 25.8 Å². The predicted octanol–water partition coefficient (Wildman–Crippen LogP) is 3.43. The van der Waals surface area contributed by atoms with Gasteiger partial charge in [-0.25, -0.2) is 4.98 Å². The van der Waals surface area contributed by atoms with E-state index in [1.807, 2.05) is 47.7 Å². The zero-order valence-corrected chi connectivity index (χ0v) is 11.7. The van der Waals surface area contributed by atoms with Crippen LogP contribution in [-0.2, 0) is 0 Å². The topological polar surface area (TPSA) is 33.2 Å². The first-order valence-corrected chi connectivity index (χ1v) is 7.41. The quantitative estimate of drug-likeness (QED) is 0.839. The molecule has 3 rings (SSSR count). The minimum atomic E-state index is 0.126. The lowest BCUT2D eigenvalue weighted by atomic mass is 10.1. The number of aromatic nitrogens is 1. The third kappa shape index (κ3) is 2.40. The molecule has 1 aliphatic rings. The maximum atomic E-state index is 12.6. The highest BCUT2D eigenvalue weighted by Gasteiger charge is 2.32. The number of aryl methyl sites for hydroxylation is 1. The van der Waals surface area contributed by atoms with Gasteiger partial charge >= 0.3 is 0 Å². The monoisotopic (exact) mass is 272 g/mol. The first-order chi connectivity index (χ1) is 9.25. The number of benzene rings is 1. The number of thiazole rings is 1. The second kappa shape index (κ2) is 5.13. The van der Waals surface area contributed by atoms with E-state index < -0.39 is 0 Å². The molecule has 1 amide bonds. The Hall–Kier alpha value is -1.68. The van der Waals surface area contributed by atoms with Crippen LogP contribution in [0.5, 0.6) is 0 Å². The number of hydrogen-bond acceptors (Lipinski definition) is 3. The Bertz CT molecular complexity index is 580. The molecule has 0 N–H and O–H groups in total. The zero-order chi connectivity index (χ0) is 13.2. The van der Waals surface area contributed by atoms with Gasteiger partial charge in [-0.1, -0.05) is 17.7 Å². The summed E-state index contributed by atoms with van der Waals surface area (Å²) < 4.78 is 0. The second-order valence-electron chi connectivity index (χ2n) is 4.90. The molecule has 98 valence electrons. The largest absolute Gasteiger partial charge is 0.329 e. The lowest BCUT2D eigenvalue weighted by Gasteiger charge is -2.23. The number of carbonyl (C=O) groups is 1. The fraction of sp³-hybridized carbons (Fsp3) is 0.333. The highest BCUT2D eigenvalue weighted by Crippen LogP contribution is 2.34. The van der Waals surface area contributed by atoms with Crippen molar-refractivity contribution >= 4 is 17.2 Å². The Balaban J connectivity index is 1.87. The summed E-state index contributed by atoms with van der Waals surface area (Å²) in [5.74, 6) is 0.126. The van der Waals surface area contributed by atoms with Gasteiger partial charge in [0.15, 0.2) is 0 Å². The summed E-state index contributed by atoms with van der Waals surface area (Å²) in [6.45, 7) is 2.84. The van der Waals surface area contributed by atoms with E-state index in [2.05, 4.69) is 4.98 Å². The van der Waals surface area contributed by atoms with Gasteiger partial charge in [0, 0.05) is 23.7 Å². The molecule has 1 aliphatic heterocycles. The third-order valence-corrected chi connectivity index (χ3v) is 4.39. The van der Waals surface area contributed by atoms with Gasteiger partial charge in [0.1, 0.15) is 5.01 Å². The van der Waals surface area contributed by atoms with E-state index in [9.17, 15) is 4.79 Å². The van der Waals surface area contributed by atoms with Crippen LogP contribution in [0.25, 0.3) is 0 Å². The molecule has 1 fully saturated rings. The Kier molecular flexibility index (Phi) is 3.34. The van der Waals surface area contributed by atoms with Gasteiger partial charge in [-0.3, -0.25) is 4.79 Å². The highest BCUT2D eigenvalue weighted by atomic mass is 32.1. The first kappa shape index (κ1) is 12.4. The van der Waals surface area contributed by atoms with Crippen LogP contribution in [0.3, 0.4) is 0 Å². The Labute approximate surface area is 116 Å². The van der Waals surface area contributed by atoms with Crippen molar-refractivity contribution in [3.63, 3.8) is 0 Å². The number of rotatable bonds is 2. The molecule has 1 aromatic heterocycles. The zero-order valence-electron chi connectivity index (χ0n) is 10.9. The minimum Gasteiger partial charge on any atom is -0.329 e. The number of nitrogens with zero attached hydrogens (tertiary/aromatic N) is 2. The van der Waals surface area contributed by atoms with Crippen molar-refractivity contribution in [1.29, 1.82) is 0 Å². The number of amides is 1. The van der Waals surface area contributed by atoms with E-state index in [1.165, 1.54) is 0 Å². The summed E-state index contributed by atoms with van der Waals surface area (Å²) in [6.07, 6.45) is 3.89. The van der Waals surface area contributed by atoms with Gasteiger partial charge in [0.2, 0.25) is 0 Å². The van der Waals surface area contributed by atoms with Gasteiger partial charge < -0.3 is 4.90 Å². The highest BCUT2D eigenvalue weighted by molar-refractivity contribution is 7.09. The standard InChI is InChI=1S/C15H16N2OS/c1-11-4-2-5-12(10-11)15(18)17-8-3-6-13(17)14-16-7-9-19-14/h2,4-5,7,9-10,13H,3,6,8H2,1H3. The summed E-state index contributed by atoms with van der Waals surface area (Å²) in [4.78, 5) is 18.9. The molecular weight excluding hydrogens is 256 g/mol. The number of likely N-dealkylation sites (tertiary alicyclic amines) is 1. The first-order valence-electron chi connectivity index (χ1n) is 6.53. The molecule has 0 aliphatic carbocycles. The van der Waals surface area contributed by atoms with E-state index in [4.69, 9.17) is 0 Å². The summed E-state index contributed by atoms with van der Waals surface area (Å²) in [7, 11) is 0. The van der Waals surface area contributed by atoms with Crippen LogP contribution in [0.15, 0.2) is 35.8 Å². The molecule has 1 atom stereocenters. The lowest BCUT2D eigenvalue weighted by molar-refractivity contribution is 0.0735. The fourth-order valence-electron chi connectivity index (χ4n) is 2.61. The fourth-order valence-corrected chi connectivity index (χ4v) is 3.39. The van der Waals surface area contributed by atoms with Crippen LogP contribution in [0, 0.1) is 6.92 Å². The maximum absolute atomic E-state index is 12.6. The Morgan fingerprint density at radius 3 is 3.11 bits per heavy atom. The smallest absolute Gasteiger partial charge is 0.254 e. The molecule has 19 heavy (non-hydrogen) atoms. The molecule has 0 radical (unpaired) electrons. The summed E-state index contributed by atoms with van der Waals surface area (Å²) in [6, 6.07) is 7.97. The molecule has 1 unspecified atom stereocenters. The number of hydrogen-bond donors (Lipinski definition) is 0. The van der Waals surface area contributed by atoms with Crippen LogP contribution in [-0.4, -0.2) is 22.3 Å². The average Bonchev–Trinajstić information content (AvgIpc) is 3.08. The maximum Gasteiger partial charge on any atom is 0.254 e. The van der Waals surface area contributed by atoms with Crippen LogP contribution < -0.4 is 0 Å². The van der Waals surface area contributed by atoms with Crippen LogP contribution in [0.2, 0.25) is 0 Å². The molecule has 0 spiro atoms. The van der Waals surface area contributed by atoms with Gasteiger partial charge in [-0.2, -0.15) is 0 Å². The van der Waals surface area contributed by atoms with Crippen molar-refractivity contribution in [2.24, 2.45) is 0 Å². The van der Waals surface area contributed by atoms with Gasteiger partial charge in [0.25, 0.3) is 5.91 Å².